The third kappa shape index (κ3) is 3.17. The summed E-state index contributed by atoms with van der Waals surface area (Å²) < 4.78 is 8.93. The summed E-state index contributed by atoms with van der Waals surface area (Å²) in [7, 11) is 3.49. The fourth-order valence-corrected chi connectivity index (χ4v) is 3.16. The van der Waals surface area contributed by atoms with Gasteiger partial charge in [-0.25, -0.2) is 0 Å². The Hall–Kier alpha value is -1.45. The van der Waals surface area contributed by atoms with Gasteiger partial charge in [-0.2, -0.15) is 5.26 Å². The summed E-state index contributed by atoms with van der Waals surface area (Å²) in [5.41, 5.74) is 2.64. The molecule has 0 radical (unpaired) electrons. The summed E-state index contributed by atoms with van der Waals surface area (Å²) in [4.78, 5) is 0. The predicted octanol–water partition coefficient (Wildman–Crippen LogP) is 4.04. The van der Waals surface area contributed by atoms with Gasteiger partial charge >= 0.3 is 0 Å². The van der Waals surface area contributed by atoms with Crippen LogP contribution in [0.4, 0.5) is 5.69 Å². The average molecular weight is 399 g/mol. The number of benzene rings is 1. The zero-order chi connectivity index (χ0) is 14.7. The van der Waals surface area contributed by atoms with E-state index in [1.165, 1.54) is 0 Å². The third-order valence-corrected chi connectivity index (χ3v) is 4.18. The molecule has 2 rings (SSSR count). The Morgan fingerprint density at radius 3 is 2.65 bits per heavy atom. The van der Waals surface area contributed by atoms with Crippen LogP contribution in [-0.4, -0.2) is 11.7 Å². The molecule has 1 aromatic heterocycles. The van der Waals surface area contributed by atoms with Gasteiger partial charge in [0, 0.05) is 30.3 Å². The smallest absolute Gasteiger partial charge is 0.135 e. The first-order chi connectivity index (χ1) is 9.55. The van der Waals surface area contributed by atoms with Crippen LogP contribution < -0.4 is 10.1 Å². The number of methoxy groups -OCH3 is 1. The molecule has 1 aromatic carbocycles. The van der Waals surface area contributed by atoms with Crippen molar-refractivity contribution in [3.8, 4) is 11.8 Å². The minimum absolute atomic E-state index is 0.638. The van der Waals surface area contributed by atoms with Gasteiger partial charge in [-0.15, -0.1) is 0 Å². The van der Waals surface area contributed by atoms with Crippen LogP contribution in [0.2, 0.25) is 0 Å². The zero-order valence-corrected chi connectivity index (χ0v) is 14.2. The Morgan fingerprint density at radius 2 is 2.05 bits per heavy atom. The van der Waals surface area contributed by atoms with Crippen molar-refractivity contribution in [3.05, 3.63) is 44.6 Å². The maximum atomic E-state index is 8.94. The van der Waals surface area contributed by atoms with Gasteiger partial charge in [-0.05, 0) is 49.6 Å². The van der Waals surface area contributed by atoms with Crippen LogP contribution in [0.5, 0.6) is 5.75 Å². The van der Waals surface area contributed by atoms with E-state index in [2.05, 4.69) is 43.2 Å². The summed E-state index contributed by atoms with van der Waals surface area (Å²) in [6, 6.07) is 7.88. The second-order valence-corrected chi connectivity index (χ2v) is 5.99. The standard InChI is InChI=1S/C14H13Br2N3O/c1-19-8-9(3-10(19)6-17)7-18-13-5-14(20-2)12(16)4-11(13)15/h3-5,8,18H,7H2,1-2H3. The molecule has 4 nitrogen and oxygen atoms in total. The SMILES string of the molecule is COc1cc(NCc2cc(C#N)n(C)c2)c(Br)cc1Br. The molecule has 0 aliphatic rings. The molecule has 1 N–H and O–H groups in total. The van der Waals surface area contributed by atoms with Gasteiger partial charge < -0.3 is 14.6 Å². The van der Waals surface area contributed by atoms with Crippen LogP contribution >= 0.6 is 31.9 Å². The van der Waals surface area contributed by atoms with E-state index >= 15 is 0 Å². The van der Waals surface area contributed by atoms with Gasteiger partial charge in [0.15, 0.2) is 0 Å². The lowest BCUT2D eigenvalue weighted by Crippen LogP contribution is -2.00. The number of aromatic nitrogens is 1. The third-order valence-electron chi connectivity index (χ3n) is 2.90. The number of nitrogens with one attached hydrogen (secondary N) is 1. The highest BCUT2D eigenvalue weighted by Crippen LogP contribution is 2.34. The summed E-state index contributed by atoms with van der Waals surface area (Å²) in [6.45, 7) is 0.638. The normalized spacial score (nSPS) is 10.2. The van der Waals surface area contributed by atoms with E-state index in [0.29, 0.717) is 12.2 Å². The molecule has 0 saturated heterocycles. The fourth-order valence-electron chi connectivity index (χ4n) is 1.86. The van der Waals surface area contributed by atoms with Crippen LogP contribution in [0.3, 0.4) is 0 Å². The molecule has 0 saturated carbocycles. The van der Waals surface area contributed by atoms with Crippen LogP contribution in [-0.2, 0) is 13.6 Å². The number of rotatable bonds is 4. The number of hydrogen-bond acceptors (Lipinski definition) is 3. The molecular formula is C14H13Br2N3O. The minimum Gasteiger partial charge on any atom is -0.495 e. The van der Waals surface area contributed by atoms with Crippen LogP contribution in [0, 0.1) is 11.3 Å². The number of anilines is 1. The van der Waals surface area contributed by atoms with Crippen molar-refractivity contribution >= 4 is 37.5 Å². The summed E-state index contributed by atoms with van der Waals surface area (Å²) in [5, 5.41) is 12.3. The first kappa shape index (κ1) is 14.9. The highest BCUT2D eigenvalue weighted by atomic mass is 79.9. The minimum atomic E-state index is 0.638. The largest absolute Gasteiger partial charge is 0.495 e. The summed E-state index contributed by atoms with van der Waals surface area (Å²) >= 11 is 6.95. The number of halogens is 2. The van der Waals surface area contributed by atoms with Gasteiger partial charge in [0.05, 0.1) is 17.3 Å². The topological polar surface area (TPSA) is 50.0 Å². The highest BCUT2D eigenvalue weighted by Gasteiger charge is 2.08. The number of hydrogen-bond donors (Lipinski definition) is 1. The summed E-state index contributed by atoms with van der Waals surface area (Å²) in [6.07, 6.45) is 1.94. The quantitative estimate of drug-likeness (QED) is 0.845. The lowest BCUT2D eigenvalue weighted by atomic mass is 10.2. The van der Waals surface area contributed by atoms with Crippen molar-refractivity contribution in [1.82, 2.24) is 4.57 Å². The average Bonchev–Trinajstić information content (AvgIpc) is 2.78. The molecule has 0 unspecified atom stereocenters. The van der Waals surface area contributed by atoms with Crippen molar-refractivity contribution in [3.63, 3.8) is 0 Å². The number of nitriles is 1. The van der Waals surface area contributed by atoms with Crippen LogP contribution in [0.15, 0.2) is 33.3 Å². The highest BCUT2D eigenvalue weighted by molar-refractivity contribution is 9.11. The van der Waals surface area contributed by atoms with Crippen LogP contribution in [0.25, 0.3) is 0 Å². The number of nitrogens with zero attached hydrogens (tertiary/aromatic N) is 2. The Morgan fingerprint density at radius 1 is 1.30 bits per heavy atom. The second kappa shape index (κ2) is 6.33. The van der Waals surface area contributed by atoms with Crippen molar-refractivity contribution in [2.24, 2.45) is 7.05 Å². The lowest BCUT2D eigenvalue weighted by Gasteiger charge is -2.11. The predicted molar refractivity (Wildman–Crippen MR) is 85.8 cm³/mol. The first-order valence-corrected chi connectivity index (χ1v) is 7.46. The molecule has 1 heterocycles. The van der Waals surface area contributed by atoms with Crippen molar-refractivity contribution < 1.29 is 4.74 Å². The Balaban J connectivity index is 2.16. The molecule has 0 aliphatic carbocycles. The number of aryl methyl sites for hydroxylation is 1. The summed E-state index contributed by atoms with van der Waals surface area (Å²) in [5.74, 6) is 0.765. The molecule has 0 fully saturated rings. The molecule has 2 aromatic rings. The van der Waals surface area contributed by atoms with Crippen molar-refractivity contribution in [1.29, 1.82) is 5.26 Å². The van der Waals surface area contributed by atoms with E-state index in [4.69, 9.17) is 10.00 Å². The van der Waals surface area contributed by atoms with Crippen molar-refractivity contribution in [2.75, 3.05) is 12.4 Å². The van der Waals surface area contributed by atoms with E-state index in [9.17, 15) is 0 Å². The van der Waals surface area contributed by atoms with E-state index < -0.39 is 0 Å². The lowest BCUT2D eigenvalue weighted by molar-refractivity contribution is 0.412. The zero-order valence-electron chi connectivity index (χ0n) is 11.1. The maximum absolute atomic E-state index is 8.94. The monoisotopic (exact) mass is 397 g/mol. The van der Waals surface area contributed by atoms with E-state index in [0.717, 1.165) is 25.9 Å². The first-order valence-electron chi connectivity index (χ1n) is 5.87. The van der Waals surface area contributed by atoms with Gasteiger partial charge in [0.1, 0.15) is 17.5 Å². The molecule has 20 heavy (non-hydrogen) atoms. The van der Waals surface area contributed by atoms with Gasteiger partial charge in [-0.1, -0.05) is 0 Å². The second-order valence-electron chi connectivity index (χ2n) is 4.28. The van der Waals surface area contributed by atoms with E-state index in [1.54, 1.807) is 7.11 Å². The van der Waals surface area contributed by atoms with Crippen LogP contribution in [0.1, 0.15) is 11.3 Å². The fraction of sp³-hybridized carbons (Fsp3) is 0.214. The van der Waals surface area contributed by atoms with Gasteiger partial charge in [0.25, 0.3) is 0 Å². The molecule has 0 atom stereocenters. The molecule has 6 heteroatoms. The Kier molecular flexibility index (Phi) is 4.73. The van der Waals surface area contributed by atoms with E-state index in [-0.39, 0.29) is 0 Å². The molecule has 0 amide bonds. The molecular weight excluding hydrogens is 386 g/mol. The maximum Gasteiger partial charge on any atom is 0.135 e. The molecule has 0 aliphatic heterocycles. The molecule has 104 valence electrons. The molecule has 0 bridgehead atoms. The van der Waals surface area contributed by atoms with Gasteiger partial charge in [-0.3, -0.25) is 0 Å². The Bertz CT molecular complexity index is 674. The Labute approximate surface area is 134 Å². The van der Waals surface area contributed by atoms with Crippen molar-refractivity contribution in [2.45, 2.75) is 6.54 Å². The van der Waals surface area contributed by atoms with Gasteiger partial charge in [0.2, 0.25) is 0 Å². The number of ether oxygens (including phenoxy) is 1. The molecule has 0 spiro atoms. The van der Waals surface area contributed by atoms with E-state index in [1.807, 2.05) is 36.0 Å².